The molecule has 1 saturated carbocycles. The van der Waals surface area contributed by atoms with Crippen molar-refractivity contribution >= 4 is 28.3 Å². The smallest absolute Gasteiger partial charge is 0.326 e. The summed E-state index contributed by atoms with van der Waals surface area (Å²) in [5, 5.41) is 2.84. The van der Waals surface area contributed by atoms with Crippen molar-refractivity contribution in [2.75, 3.05) is 0 Å². The number of hydrogen-bond acceptors (Lipinski definition) is 4. The van der Waals surface area contributed by atoms with Gasteiger partial charge in [-0.25, -0.2) is 9.78 Å². The van der Waals surface area contributed by atoms with Gasteiger partial charge in [0.1, 0.15) is 11.6 Å². The molecule has 2 heterocycles. The minimum Gasteiger partial charge on any atom is -0.331 e. The van der Waals surface area contributed by atoms with Crippen LogP contribution in [0.15, 0.2) is 40.6 Å². The molecular weight excluding hydrogens is 312 g/mol. The van der Waals surface area contributed by atoms with Gasteiger partial charge in [0.15, 0.2) is 0 Å². The third-order valence-corrected chi connectivity index (χ3v) is 4.84. The monoisotopic (exact) mass is 328 g/mol. The van der Waals surface area contributed by atoms with Gasteiger partial charge in [-0.2, -0.15) is 0 Å². The molecule has 4 rings (SSSR count). The number of nitrogens with zero attached hydrogens (tertiary/aromatic N) is 3. The van der Waals surface area contributed by atoms with Crippen molar-refractivity contribution in [3.05, 3.63) is 51.3 Å². The van der Waals surface area contributed by atoms with Gasteiger partial charge in [-0.15, -0.1) is 11.3 Å². The number of carbonyl (C=O) groups excluding carboxylic acids is 1. The van der Waals surface area contributed by atoms with Gasteiger partial charge in [0.2, 0.25) is 5.91 Å². The Morgan fingerprint density at radius 2 is 2.22 bits per heavy atom. The lowest BCUT2D eigenvalue weighted by molar-refractivity contribution is -0.133. The number of amides is 1. The van der Waals surface area contributed by atoms with Gasteiger partial charge >= 0.3 is 5.69 Å². The van der Waals surface area contributed by atoms with Crippen LogP contribution in [0.25, 0.3) is 11.0 Å². The Morgan fingerprint density at radius 1 is 1.39 bits per heavy atom. The van der Waals surface area contributed by atoms with Gasteiger partial charge in [0, 0.05) is 17.6 Å². The van der Waals surface area contributed by atoms with Gasteiger partial charge in [0.05, 0.1) is 17.6 Å². The van der Waals surface area contributed by atoms with Crippen LogP contribution in [-0.2, 0) is 17.9 Å². The van der Waals surface area contributed by atoms with E-state index in [1.54, 1.807) is 17.5 Å². The Bertz CT molecular complexity index is 892. The number of H-pyrrole nitrogens is 1. The molecule has 0 unspecified atom stereocenters. The molecule has 6 nitrogen and oxygen atoms in total. The predicted octanol–water partition coefficient (Wildman–Crippen LogP) is 1.98. The van der Waals surface area contributed by atoms with E-state index in [2.05, 4.69) is 9.97 Å². The molecule has 0 saturated heterocycles. The molecule has 2 aromatic heterocycles. The average Bonchev–Trinajstić information content (AvgIpc) is 3.16. The van der Waals surface area contributed by atoms with Crippen LogP contribution in [0.4, 0.5) is 0 Å². The molecule has 7 heteroatoms. The van der Waals surface area contributed by atoms with Crippen LogP contribution in [0.5, 0.6) is 0 Å². The van der Waals surface area contributed by atoms with E-state index in [0.29, 0.717) is 6.54 Å². The number of fused-ring (bicyclic) bond motifs is 1. The lowest BCUT2D eigenvalue weighted by Gasteiger charge is -2.21. The maximum Gasteiger partial charge on any atom is 0.326 e. The highest BCUT2D eigenvalue weighted by molar-refractivity contribution is 7.09. The van der Waals surface area contributed by atoms with Crippen molar-refractivity contribution < 1.29 is 4.79 Å². The number of nitrogens with one attached hydrogen (secondary N) is 1. The molecule has 1 fully saturated rings. The standard InChI is InChI=1S/C16H16N4O2S/c21-15(19(11-5-6-11)9-14-17-7-8-23-14)10-20-13-4-2-1-3-12(13)18-16(20)22/h1-4,7-8,11H,5-6,9-10H2,(H,18,22). The highest BCUT2D eigenvalue weighted by Crippen LogP contribution is 2.29. The van der Waals surface area contributed by atoms with Crippen LogP contribution in [0.3, 0.4) is 0 Å². The number of hydrogen-bond donors (Lipinski definition) is 1. The molecule has 118 valence electrons. The molecular formula is C16H16N4O2S. The fourth-order valence-corrected chi connectivity index (χ4v) is 3.39. The molecule has 3 aromatic rings. The molecule has 0 atom stereocenters. The van der Waals surface area contributed by atoms with E-state index in [1.165, 1.54) is 4.57 Å². The number of rotatable bonds is 5. The molecule has 1 aliphatic carbocycles. The van der Waals surface area contributed by atoms with Crippen LogP contribution in [0, 0.1) is 0 Å². The summed E-state index contributed by atoms with van der Waals surface area (Å²) in [7, 11) is 0. The Balaban J connectivity index is 1.60. The van der Waals surface area contributed by atoms with Crippen molar-refractivity contribution in [1.82, 2.24) is 19.4 Å². The summed E-state index contributed by atoms with van der Waals surface area (Å²) >= 11 is 1.55. The number of aromatic amines is 1. The fraction of sp³-hybridized carbons (Fsp3) is 0.312. The SMILES string of the molecule is O=C(Cn1c(=O)[nH]c2ccccc21)N(Cc1nccs1)C1CC1. The minimum absolute atomic E-state index is 0.0328. The second-order valence-corrected chi connectivity index (χ2v) is 6.69. The summed E-state index contributed by atoms with van der Waals surface area (Å²) in [5.41, 5.74) is 1.27. The molecule has 1 aliphatic rings. The van der Waals surface area contributed by atoms with Crippen molar-refractivity contribution in [1.29, 1.82) is 0 Å². The minimum atomic E-state index is -0.246. The van der Waals surface area contributed by atoms with Gasteiger partial charge in [-0.1, -0.05) is 12.1 Å². The molecule has 0 bridgehead atoms. The van der Waals surface area contributed by atoms with Crippen LogP contribution < -0.4 is 5.69 Å². The molecule has 1 N–H and O–H groups in total. The highest BCUT2D eigenvalue weighted by atomic mass is 32.1. The average molecular weight is 328 g/mol. The Kier molecular flexibility index (Phi) is 3.49. The normalized spacial score (nSPS) is 14.3. The van der Waals surface area contributed by atoms with E-state index < -0.39 is 0 Å². The number of imidazole rings is 1. The summed E-state index contributed by atoms with van der Waals surface area (Å²) < 4.78 is 1.51. The maximum atomic E-state index is 12.7. The number of para-hydroxylation sites is 2. The summed E-state index contributed by atoms with van der Waals surface area (Å²) in [6.45, 7) is 0.586. The first-order chi connectivity index (χ1) is 11.2. The lowest BCUT2D eigenvalue weighted by atomic mass is 10.3. The third-order valence-electron chi connectivity index (χ3n) is 4.07. The summed E-state index contributed by atoms with van der Waals surface area (Å²) in [6.07, 6.45) is 3.81. The molecule has 23 heavy (non-hydrogen) atoms. The molecule has 0 aliphatic heterocycles. The zero-order valence-corrected chi connectivity index (χ0v) is 13.3. The van der Waals surface area contributed by atoms with Crippen LogP contribution >= 0.6 is 11.3 Å². The number of benzene rings is 1. The first-order valence-electron chi connectivity index (χ1n) is 7.58. The Hall–Kier alpha value is -2.41. The second kappa shape index (κ2) is 5.66. The summed E-state index contributed by atoms with van der Waals surface area (Å²) in [6, 6.07) is 7.70. The van der Waals surface area contributed by atoms with Gasteiger partial charge in [-0.05, 0) is 25.0 Å². The summed E-state index contributed by atoms with van der Waals surface area (Å²) in [5.74, 6) is -0.0328. The quantitative estimate of drug-likeness (QED) is 0.778. The van der Waals surface area contributed by atoms with Gasteiger partial charge < -0.3 is 9.88 Å². The molecule has 0 radical (unpaired) electrons. The molecule has 1 aromatic carbocycles. The van der Waals surface area contributed by atoms with Crippen molar-refractivity contribution in [3.8, 4) is 0 Å². The maximum absolute atomic E-state index is 12.7. The Labute approximate surface area is 136 Å². The molecule has 1 amide bonds. The first kappa shape index (κ1) is 14.2. The van der Waals surface area contributed by atoms with E-state index in [9.17, 15) is 9.59 Å². The number of carbonyl (C=O) groups is 1. The van der Waals surface area contributed by atoms with Gasteiger partial charge in [-0.3, -0.25) is 9.36 Å². The highest BCUT2D eigenvalue weighted by Gasteiger charge is 2.33. The van der Waals surface area contributed by atoms with E-state index in [-0.39, 0.29) is 24.2 Å². The third kappa shape index (κ3) is 2.79. The Morgan fingerprint density at radius 3 is 2.96 bits per heavy atom. The van der Waals surface area contributed by atoms with Crippen LogP contribution in [-0.4, -0.2) is 31.4 Å². The van der Waals surface area contributed by atoms with Crippen molar-refractivity contribution in [3.63, 3.8) is 0 Å². The zero-order chi connectivity index (χ0) is 15.8. The topological polar surface area (TPSA) is 71.0 Å². The van der Waals surface area contributed by atoms with E-state index in [0.717, 1.165) is 28.9 Å². The number of thiazole rings is 1. The predicted molar refractivity (Wildman–Crippen MR) is 88.2 cm³/mol. The largest absolute Gasteiger partial charge is 0.331 e. The van der Waals surface area contributed by atoms with E-state index in [1.807, 2.05) is 34.5 Å². The van der Waals surface area contributed by atoms with Crippen molar-refractivity contribution in [2.24, 2.45) is 0 Å². The van der Waals surface area contributed by atoms with E-state index in [4.69, 9.17) is 0 Å². The van der Waals surface area contributed by atoms with E-state index >= 15 is 0 Å². The fourth-order valence-electron chi connectivity index (χ4n) is 2.77. The van der Waals surface area contributed by atoms with Crippen LogP contribution in [0.2, 0.25) is 0 Å². The molecule has 0 spiro atoms. The first-order valence-corrected chi connectivity index (χ1v) is 8.46. The number of aromatic nitrogens is 3. The summed E-state index contributed by atoms with van der Waals surface area (Å²) in [4.78, 5) is 33.8. The second-order valence-electron chi connectivity index (χ2n) is 5.71. The van der Waals surface area contributed by atoms with Gasteiger partial charge in [0.25, 0.3) is 0 Å². The van der Waals surface area contributed by atoms with Crippen molar-refractivity contribution in [2.45, 2.75) is 32.0 Å². The van der Waals surface area contributed by atoms with Crippen LogP contribution in [0.1, 0.15) is 17.8 Å². The lowest BCUT2D eigenvalue weighted by Crippen LogP contribution is -2.37. The zero-order valence-electron chi connectivity index (χ0n) is 12.4.